The average Bonchev–Trinajstić information content (AvgIpc) is 2.46. The number of hydrogen-bond donors (Lipinski definition) is 0. The molecule has 0 amide bonds. The van der Waals surface area contributed by atoms with Crippen LogP contribution in [0.5, 0.6) is 5.75 Å². The third kappa shape index (κ3) is 1.52. The maximum Gasteiger partial charge on any atom is 0.185 e. The number of sulfone groups is 1. The Morgan fingerprint density at radius 1 is 1.33 bits per heavy atom. The van der Waals surface area contributed by atoms with Crippen LogP contribution in [0.15, 0.2) is 18.2 Å². The fourth-order valence-corrected chi connectivity index (χ4v) is 3.66. The van der Waals surface area contributed by atoms with Crippen LogP contribution in [0.4, 0.5) is 0 Å². The summed E-state index contributed by atoms with van der Waals surface area (Å²) in [6, 6.07) is 5.29. The molecule has 1 heterocycles. The van der Waals surface area contributed by atoms with Gasteiger partial charge in [-0.1, -0.05) is 12.1 Å². The fraction of sp³-hybridized carbons (Fsp3) is 0.400. The third-order valence-electron chi connectivity index (χ3n) is 2.53. The van der Waals surface area contributed by atoms with Gasteiger partial charge in [0.05, 0.1) is 12.9 Å². The van der Waals surface area contributed by atoms with Gasteiger partial charge in [0.1, 0.15) is 5.75 Å². The van der Waals surface area contributed by atoms with Crippen molar-refractivity contribution in [2.75, 3.05) is 14.2 Å². The maximum absolute atomic E-state index is 11.7. The van der Waals surface area contributed by atoms with Crippen LogP contribution in [0, 0.1) is 0 Å². The molecule has 0 spiro atoms. The Morgan fingerprint density at radius 2 is 2.07 bits per heavy atom. The van der Waals surface area contributed by atoms with Crippen molar-refractivity contribution in [1.29, 1.82) is 0 Å². The number of fused-ring (bicyclic) bond motifs is 1. The van der Waals surface area contributed by atoms with Crippen molar-refractivity contribution >= 4 is 9.84 Å². The van der Waals surface area contributed by atoms with E-state index in [1.54, 1.807) is 18.2 Å². The van der Waals surface area contributed by atoms with Crippen LogP contribution in [-0.2, 0) is 20.3 Å². The quantitative estimate of drug-likeness (QED) is 0.765. The lowest BCUT2D eigenvalue weighted by atomic mass is 10.1. The number of ether oxygens (including phenoxy) is 2. The minimum absolute atomic E-state index is 0.00907. The van der Waals surface area contributed by atoms with E-state index in [9.17, 15) is 8.42 Å². The second-order valence-electron chi connectivity index (χ2n) is 3.40. The van der Waals surface area contributed by atoms with E-state index in [0.29, 0.717) is 16.9 Å². The largest absolute Gasteiger partial charge is 0.496 e. The van der Waals surface area contributed by atoms with Crippen molar-refractivity contribution in [3.8, 4) is 5.75 Å². The summed E-state index contributed by atoms with van der Waals surface area (Å²) in [5, 5.41) is 0. The molecule has 1 unspecified atom stereocenters. The van der Waals surface area contributed by atoms with E-state index in [2.05, 4.69) is 0 Å². The molecule has 4 nitrogen and oxygen atoms in total. The monoisotopic (exact) mass is 228 g/mol. The van der Waals surface area contributed by atoms with Crippen molar-refractivity contribution < 1.29 is 17.9 Å². The van der Waals surface area contributed by atoms with E-state index in [0.717, 1.165) is 0 Å². The van der Waals surface area contributed by atoms with Gasteiger partial charge in [-0.2, -0.15) is 0 Å². The average molecular weight is 228 g/mol. The van der Waals surface area contributed by atoms with Gasteiger partial charge in [0.25, 0.3) is 0 Å². The van der Waals surface area contributed by atoms with Gasteiger partial charge < -0.3 is 9.47 Å². The van der Waals surface area contributed by atoms with Crippen molar-refractivity contribution in [3.63, 3.8) is 0 Å². The van der Waals surface area contributed by atoms with Gasteiger partial charge in [0, 0.05) is 18.2 Å². The summed E-state index contributed by atoms with van der Waals surface area (Å²) >= 11 is 0. The zero-order valence-electron chi connectivity index (χ0n) is 8.56. The molecule has 5 heteroatoms. The molecule has 1 aromatic rings. The summed E-state index contributed by atoms with van der Waals surface area (Å²) in [4.78, 5) is 0. The molecule has 1 aliphatic rings. The van der Waals surface area contributed by atoms with Crippen LogP contribution in [0.1, 0.15) is 16.6 Å². The summed E-state index contributed by atoms with van der Waals surface area (Å²) in [5.74, 6) is 0.598. The molecular weight excluding hydrogens is 216 g/mol. The highest BCUT2D eigenvalue weighted by Crippen LogP contribution is 2.40. The van der Waals surface area contributed by atoms with Gasteiger partial charge >= 0.3 is 0 Å². The standard InChI is InChI=1S/C10H12O4S/c1-13-9-5-3-4-7-8(9)6-15(11,12)10(7)14-2/h3-5,10H,6H2,1-2H3. The smallest absolute Gasteiger partial charge is 0.185 e. The lowest BCUT2D eigenvalue weighted by Crippen LogP contribution is -2.08. The highest BCUT2D eigenvalue weighted by atomic mass is 32.2. The van der Waals surface area contributed by atoms with Crippen molar-refractivity contribution in [2.24, 2.45) is 0 Å². The van der Waals surface area contributed by atoms with E-state index in [-0.39, 0.29) is 5.75 Å². The predicted molar refractivity (Wildman–Crippen MR) is 55.4 cm³/mol. The molecular formula is C10H12O4S. The van der Waals surface area contributed by atoms with E-state index in [1.807, 2.05) is 0 Å². The van der Waals surface area contributed by atoms with Gasteiger partial charge in [0.2, 0.25) is 0 Å². The first-order chi connectivity index (χ1) is 7.10. The van der Waals surface area contributed by atoms with Crippen LogP contribution < -0.4 is 4.74 Å². The second-order valence-corrected chi connectivity index (χ2v) is 5.45. The summed E-state index contributed by atoms with van der Waals surface area (Å²) in [5.41, 5.74) is 0.561. The Hall–Kier alpha value is -1.07. The van der Waals surface area contributed by atoms with Gasteiger partial charge in [-0.05, 0) is 6.07 Å². The van der Waals surface area contributed by atoms with Gasteiger partial charge in [-0.3, -0.25) is 0 Å². The molecule has 0 saturated carbocycles. The summed E-state index contributed by atoms with van der Waals surface area (Å²) in [7, 11) is -0.301. The molecule has 0 radical (unpaired) electrons. The summed E-state index contributed by atoms with van der Waals surface area (Å²) in [6.07, 6.45) is 0. The van der Waals surface area contributed by atoms with E-state index in [1.165, 1.54) is 14.2 Å². The Morgan fingerprint density at radius 3 is 2.67 bits per heavy atom. The second kappa shape index (κ2) is 3.50. The van der Waals surface area contributed by atoms with Crippen molar-refractivity contribution in [3.05, 3.63) is 29.3 Å². The lowest BCUT2D eigenvalue weighted by Gasteiger charge is -2.09. The number of benzene rings is 1. The minimum Gasteiger partial charge on any atom is -0.496 e. The van der Waals surface area contributed by atoms with Crippen molar-refractivity contribution in [1.82, 2.24) is 0 Å². The van der Waals surface area contributed by atoms with Gasteiger partial charge in [-0.25, -0.2) is 8.42 Å². The molecule has 2 rings (SSSR count). The molecule has 0 aliphatic carbocycles. The Kier molecular flexibility index (Phi) is 2.44. The zero-order chi connectivity index (χ0) is 11.1. The van der Waals surface area contributed by atoms with Crippen LogP contribution in [0.25, 0.3) is 0 Å². The summed E-state index contributed by atoms with van der Waals surface area (Å²) in [6.45, 7) is 0. The maximum atomic E-state index is 11.7. The number of rotatable bonds is 2. The van der Waals surface area contributed by atoms with Crippen molar-refractivity contribution in [2.45, 2.75) is 11.2 Å². The van der Waals surface area contributed by atoms with Gasteiger partial charge in [-0.15, -0.1) is 0 Å². The molecule has 0 bridgehead atoms. The highest BCUT2D eigenvalue weighted by molar-refractivity contribution is 7.91. The Labute approximate surface area is 88.7 Å². The van der Waals surface area contributed by atoms with E-state index in [4.69, 9.17) is 9.47 Å². The van der Waals surface area contributed by atoms with Crippen LogP contribution >= 0.6 is 0 Å². The molecule has 0 aromatic heterocycles. The molecule has 1 aromatic carbocycles. The number of hydrogen-bond acceptors (Lipinski definition) is 4. The predicted octanol–water partition coefficient (Wildman–Crippen LogP) is 1.27. The van der Waals surface area contributed by atoms with E-state index >= 15 is 0 Å². The molecule has 1 atom stereocenters. The molecule has 0 saturated heterocycles. The van der Waals surface area contributed by atoms with Crippen LogP contribution in [-0.4, -0.2) is 22.6 Å². The molecule has 15 heavy (non-hydrogen) atoms. The summed E-state index contributed by atoms with van der Waals surface area (Å²) < 4.78 is 33.6. The van der Waals surface area contributed by atoms with E-state index < -0.39 is 15.3 Å². The topological polar surface area (TPSA) is 52.6 Å². The highest BCUT2D eigenvalue weighted by Gasteiger charge is 2.38. The molecule has 0 N–H and O–H groups in total. The minimum atomic E-state index is -3.23. The first-order valence-electron chi connectivity index (χ1n) is 4.50. The Bertz CT molecular complexity index is 478. The molecule has 82 valence electrons. The SMILES string of the molecule is COc1cccc2c1CS(=O)(=O)C2OC. The first kappa shape index (κ1) is 10.4. The Balaban J connectivity index is 2.61. The van der Waals surface area contributed by atoms with Crippen LogP contribution in [0.2, 0.25) is 0 Å². The van der Waals surface area contributed by atoms with Gasteiger partial charge in [0.15, 0.2) is 15.3 Å². The normalized spacial score (nSPS) is 22.4. The molecule has 1 aliphatic heterocycles. The zero-order valence-corrected chi connectivity index (χ0v) is 9.37. The number of methoxy groups -OCH3 is 2. The third-order valence-corrected chi connectivity index (χ3v) is 4.32. The fourth-order valence-electron chi connectivity index (χ4n) is 1.89. The van der Waals surface area contributed by atoms with Crippen LogP contribution in [0.3, 0.4) is 0 Å². The first-order valence-corrected chi connectivity index (χ1v) is 6.22. The lowest BCUT2D eigenvalue weighted by molar-refractivity contribution is 0.168. The molecule has 0 fully saturated rings.